The average molecular weight is 483 g/mol. The number of nitrogens with one attached hydrogen (secondary N) is 3. The molecule has 3 rings (SSSR count). The molecular weight excluding hydrogens is 453 g/mol. The van der Waals surface area contributed by atoms with Crippen LogP contribution in [0.1, 0.15) is 31.4 Å². The van der Waals surface area contributed by atoms with Crippen LogP contribution in [0.4, 0.5) is 0 Å². The molecule has 1 amide bonds. The Labute approximate surface area is 178 Å². The first-order valence-corrected chi connectivity index (χ1v) is 9.27. The lowest BCUT2D eigenvalue weighted by Crippen LogP contribution is -2.49. The highest BCUT2D eigenvalue weighted by atomic mass is 127. The Bertz CT molecular complexity index is 760. The van der Waals surface area contributed by atoms with E-state index in [1.807, 2.05) is 26.2 Å². The summed E-state index contributed by atoms with van der Waals surface area (Å²) < 4.78 is 0. The molecule has 27 heavy (non-hydrogen) atoms. The third-order valence-corrected chi connectivity index (χ3v) is 5.27. The van der Waals surface area contributed by atoms with E-state index in [1.165, 1.54) is 5.39 Å². The maximum atomic E-state index is 12.7. The summed E-state index contributed by atoms with van der Waals surface area (Å²) in [6, 6.07) is 10.4. The molecule has 7 heteroatoms. The summed E-state index contributed by atoms with van der Waals surface area (Å²) in [6.07, 6.45) is 4.11. The molecule has 0 saturated heterocycles. The van der Waals surface area contributed by atoms with Crippen molar-refractivity contribution in [1.82, 2.24) is 20.5 Å². The Hall–Kier alpha value is -1.77. The van der Waals surface area contributed by atoms with Crippen molar-refractivity contribution in [2.75, 3.05) is 27.7 Å². The summed E-state index contributed by atoms with van der Waals surface area (Å²) in [4.78, 5) is 22.1. The zero-order chi connectivity index (χ0) is 18.6. The maximum absolute atomic E-state index is 12.7. The second-order valence-electron chi connectivity index (χ2n) is 7.35. The van der Waals surface area contributed by atoms with Crippen molar-refractivity contribution in [3.8, 4) is 0 Å². The van der Waals surface area contributed by atoms with Crippen molar-refractivity contribution in [3.05, 3.63) is 36.0 Å². The Morgan fingerprint density at radius 3 is 2.56 bits per heavy atom. The lowest BCUT2D eigenvalue weighted by molar-refractivity contribution is -0.138. The van der Waals surface area contributed by atoms with E-state index in [0.29, 0.717) is 13.1 Å². The fourth-order valence-electron chi connectivity index (χ4n) is 3.87. The predicted molar refractivity (Wildman–Crippen MR) is 122 cm³/mol. The summed E-state index contributed by atoms with van der Waals surface area (Å²) in [5.41, 5.74) is 1.94. The number of carbonyl (C=O) groups excluding carboxylic acids is 1. The summed E-state index contributed by atoms with van der Waals surface area (Å²) in [5.74, 6) is 0.940. The molecule has 1 aliphatic carbocycles. The molecule has 0 aliphatic heterocycles. The topological polar surface area (TPSA) is 72.5 Å². The van der Waals surface area contributed by atoms with E-state index in [2.05, 4.69) is 38.8 Å². The zero-order valence-corrected chi connectivity index (χ0v) is 18.7. The lowest BCUT2D eigenvalue weighted by atomic mass is 9.84. The summed E-state index contributed by atoms with van der Waals surface area (Å²) in [5, 5.41) is 7.91. The molecule has 3 N–H and O–H groups in total. The van der Waals surface area contributed by atoms with E-state index >= 15 is 0 Å². The highest BCUT2D eigenvalue weighted by molar-refractivity contribution is 14.0. The van der Waals surface area contributed by atoms with Gasteiger partial charge in [0.1, 0.15) is 0 Å². The molecule has 1 aliphatic rings. The smallest absolute Gasteiger partial charge is 0.230 e. The van der Waals surface area contributed by atoms with Gasteiger partial charge in [-0.25, -0.2) is 0 Å². The molecule has 0 spiro atoms. The van der Waals surface area contributed by atoms with Gasteiger partial charge < -0.3 is 20.5 Å². The molecule has 0 unspecified atom stereocenters. The highest BCUT2D eigenvalue weighted by Crippen LogP contribution is 2.38. The van der Waals surface area contributed by atoms with E-state index in [0.717, 1.165) is 42.9 Å². The van der Waals surface area contributed by atoms with E-state index < -0.39 is 0 Å². The summed E-state index contributed by atoms with van der Waals surface area (Å²) >= 11 is 0. The second-order valence-corrected chi connectivity index (χ2v) is 7.35. The number of benzene rings is 1. The van der Waals surface area contributed by atoms with E-state index in [9.17, 15) is 4.79 Å². The molecule has 0 radical (unpaired) electrons. The van der Waals surface area contributed by atoms with Crippen molar-refractivity contribution in [2.24, 2.45) is 10.4 Å². The van der Waals surface area contributed by atoms with Crippen LogP contribution in [0.5, 0.6) is 0 Å². The van der Waals surface area contributed by atoms with Crippen molar-refractivity contribution < 1.29 is 4.79 Å². The molecule has 1 aromatic carbocycles. The fraction of sp³-hybridized carbons (Fsp3) is 0.500. The van der Waals surface area contributed by atoms with Crippen LogP contribution < -0.4 is 10.6 Å². The number of aromatic nitrogens is 1. The number of hydrogen-bond donors (Lipinski definition) is 3. The normalized spacial score (nSPS) is 16.0. The molecule has 148 valence electrons. The lowest BCUT2D eigenvalue weighted by Gasteiger charge is -2.31. The van der Waals surface area contributed by atoms with Gasteiger partial charge in [-0.3, -0.25) is 9.79 Å². The van der Waals surface area contributed by atoms with Gasteiger partial charge in [-0.2, -0.15) is 0 Å². The monoisotopic (exact) mass is 483 g/mol. The molecule has 0 atom stereocenters. The quantitative estimate of drug-likeness (QED) is 0.348. The highest BCUT2D eigenvalue weighted by Gasteiger charge is 2.42. The second kappa shape index (κ2) is 9.43. The molecule has 1 fully saturated rings. The van der Waals surface area contributed by atoms with Crippen molar-refractivity contribution in [2.45, 2.75) is 32.2 Å². The average Bonchev–Trinajstić information content (AvgIpc) is 3.28. The van der Waals surface area contributed by atoms with Crippen molar-refractivity contribution >= 4 is 46.7 Å². The number of hydrogen-bond acceptors (Lipinski definition) is 2. The third kappa shape index (κ3) is 4.94. The van der Waals surface area contributed by atoms with Gasteiger partial charge in [-0.1, -0.05) is 31.0 Å². The number of fused-ring (bicyclic) bond motifs is 1. The van der Waals surface area contributed by atoms with Crippen molar-refractivity contribution in [3.63, 3.8) is 0 Å². The van der Waals surface area contributed by atoms with Gasteiger partial charge in [0.25, 0.3) is 0 Å². The number of rotatable bonds is 5. The van der Waals surface area contributed by atoms with Gasteiger partial charge in [0.2, 0.25) is 5.91 Å². The first kappa shape index (κ1) is 21.5. The molecule has 1 aromatic heterocycles. The Morgan fingerprint density at radius 2 is 1.93 bits per heavy atom. The molecular formula is C20H30IN5O. The number of H-pyrrole nitrogens is 1. The van der Waals surface area contributed by atoms with Gasteiger partial charge in [0, 0.05) is 38.9 Å². The van der Waals surface area contributed by atoms with Gasteiger partial charge >= 0.3 is 0 Å². The van der Waals surface area contributed by atoms with Gasteiger partial charge in [-0.05, 0) is 30.4 Å². The molecule has 1 saturated carbocycles. The van der Waals surface area contributed by atoms with Gasteiger partial charge in [0.15, 0.2) is 5.96 Å². The zero-order valence-electron chi connectivity index (χ0n) is 16.3. The number of para-hydroxylation sites is 1. The first-order valence-electron chi connectivity index (χ1n) is 9.27. The minimum Gasteiger partial charge on any atom is -0.357 e. The van der Waals surface area contributed by atoms with Crippen LogP contribution in [0.3, 0.4) is 0 Å². The predicted octanol–water partition coefficient (Wildman–Crippen LogP) is 3.10. The number of amides is 1. The van der Waals surface area contributed by atoms with Crippen molar-refractivity contribution in [1.29, 1.82) is 0 Å². The minimum atomic E-state index is -0.303. The van der Waals surface area contributed by atoms with Crippen LogP contribution in [0.2, 0.25) is 0 Å². The Kier molecular flexibility index (Phi) is 7.52. The molecule has 1 heterocycles. The molecule has 0 bridgehead atoms. The van der Waals surface area contributed by atoms with Crippen LogP contribution in [-0.4, -0.2) is 49.4 Å². The Morgan fingerprint density at radius 1 is 1.22 bits per heavy atom. The van der Waals surface area contributed by atoms with E-state index in [1.54, 1.807) is 11.9 Å². The number of guanidine groups is 1. The summed E-state index contributed by atoms with van der Waals surface area (Å²) in [7, 11) is 5.44. The number of halogens is 1. The SMILES string of the molecule is CN=C(NCc1cc2ccccc2[nH]1)NCC1(C(=O)N(C)C)CCCC1.I. The standard InChI is InChI=1S/C20H29N5O.HI/c1-21-19(22-13-16-12-15-8-4-5-9-17(15)24-16)23-14-20(10-6-7-11-20)18(26)25(2)3;/h4-5,8-9,12,24H,6-7,10-11,13-14H2,1-3H3,(H2,21,22,23);1H. The van der Waals surface area contributed by atoms with Crippen LogP contribution >= 0.6 is 24.0 Å². The third-order valence-electron chi connectivity index (χ3n) is 5.27. The summed E-state index contributed by atoms with van der Waals surface area (Å²) in [6.45, 7) is 1.28. The van der Waals surface area contributed by atoms with Crippen LogP contribution in [0.15, 0.2) is 35.3 Å². The van der Waals surface area contributed by atoms with Gasteiger partial charge in [-0.15, -0.1) is 24.0 Å². The van der Waals surface area contributed by atoms with Gasteiger partial charge in [0.05, 0.1) is 12.0 Å². The van der Waals surface area contributed by atoms with Crippen LogP contribution in [-0.2, 0) is 11.3 Å². The number of carbonyl (C=O) groups is 1. The number of aliphatic imine (C=N–C) groups is 1. The number of aromatic amines is 1. The molecule has 6 nitrogen and oxygen atoms in total. The molecule has 2 aromatic rings. The number of nitrogens with zero attached hydrogens (tertiary/aromatic N) is 2. The fourth-order valence-corrected chi connectivity index (χ4v) is 3.87. The minimum absolute atomic E-state index is 0. The van der Waals surface area contributed by atoms with Crippen LogP contribution in [0.25, 0.3) is 10.9 Å². The van der Waals surface area contributed by atoms with E-state index in [-0.39, 0.29) is 35.3 Å². The first-order chi connectivity index (χ1) is 12.5. The largest absolute Gasteiger partial charge is 0.357 e. The maximum Gasteiger partial charge on any atom is 0.230 e. The van der Waals surface area contributed by atoms with Crippen LogP contribution in [0, 0.1) is 5.41 Å². The Balaban J connectivity index is 0.00000261. The van der Waals surface area contributed by atoms with E-state index in [4.69, 9.17) is 0 Å².